The maximum absolute atomic E-state index is 12.9. The van der Waals surface area contributed by atoms with Crippen molar-refractivity contribution in [1.29, 1.82) is 0 Å². The summed E-state index contributed by atoms with van der Waals surface area (Å²) in [5.74, 6) is -0.870. The first-order valence-corrected chi connectivity index (χ1v) is 36.1. The van der Waals surface area contributed by atoms with Gasteiger partial charge in [-0.1, -0.05) is 356 Å². The van der Waals surface area contributed by atoms with E-state index in [4.69, 9.17) is 14.2 Å². The van der Waals surface area contributed by atoms with Crippen molar-refractivity contribution in [2.75, 3.05) is 13.2 Å². The van der Waals surface area contributed by atoms with Gasteiger partial charge in [0.2, 0.25) is 0 Å². The lowest BCUT2D eigenvalue weighted by Crippen LogP contribution is -2.30. The topological polar surface area (TPSA) is 78.9 Å². The van der Waals surface area contributed by atoms with Gasteiger partial charge in [0.05, 0.1) is 0 Å². The van der Waals surface area contributed by atoms with E-state index in [1.54, 1.807) is 0 Å². The summed E-state index contributed by atoms with van der Waals surface area (Å²) < 4.78 is 16.9. The van der Waals surface area contributed by atoms with E-state index in [0.717, 1.165) is 109 Å². The summed E-state index contributed by atoms with van der Waals surface area (Å²) in [5, 5.41) is 0. The van der Waals surface area contributed by atoms with Gasteiger partial charge >= 0.3 is 17.9 Å². The molecule has 1 atom stereocenters. The minimum atomic E-state index is -0.779. The van der Waals surface area contributed by atoms with Gasteiger partial charge in [0, 0.05) is 19.3 Å². The van der Waals surface area contributed by atoms with Crippen LogP contribution in [-0.4, -0.2) is 37.2 Å². The van der Waals surface area contributed by atoms with E-state index >= 15 is 0 Å². The van der Waals surface area contributed by atoms with Crippen LogP contribution in [0.3, 0.4) is 0 Å². The fraction of sp³-hybridized carbons (Fsp3) is 0.779. The van der Waals surface area contributed by atoms with Crippen molar-refractivity contribution in [3.8, 4) is 0 Å². The molecule has 0 aliphatic carbocycles. The van der Waals surface area contributed by atoms with Crippen LogP contribution in [0.25, 0.3) is 0 Å². The Morgan fingerprint density at radius 2 is 0.470 bits per heavy atom. The number of rotatable bonds is 66. The lowest BCUT2D eigenvalue weighted by atomic mass is 10.0. The monoisotopic (exact) mass is 1160 g/mol. The van der Waals surface area contributed by atoms with E-state index in [1.165, 1.54) is 218 Å². The van der Waals surface area contributed by atoms with Crippen LogP contribution in [0.4, 0.5) is 0 Å². The van der Waals surface area contributed by atoms with Gasteiger partial charge in [-0.3, -0.25) is 14.4 Å². The average molecular weight is 1160 g/mol. The number of ether oxygens (including phenoxy) is 3. The molecule has 0 aromatic heterocycles. The van der Waals surface area contributed by atoms with Crippen molar-refractivity contribution < 1.29 is 28.6 Å². The van der Waals surface area contributed by atoms with E-state index in [0.29, 0.717) is 19.3 Å². The molecule has 0 saturated heterocycles. The smallest absolute Gasteiger partial charge is 0.306 e. The van der Waals surface area contributed by atoms with Crippen molar-refractivity contribution in [3.63, 3.8) is 0 Å². The number of carbonyl (C=O) groups is 3. The Morgan fingerprint density at radius 3 is 0.735 bits per heavy atom. The van der Waals surface area contributed by atoms with Crippen LogP contribution < -0.4 is 0 Å². The molecule has 0 saturated carbocycles. The van der Waals surface area contributed by atoms with Gasteiger partial charge in [-0.2, -0.15) is 0 Å². The van der Waals surface area contributed by atoms with Gasteiger partial charge in [-0.05, 0) is 77.0 Å². The first kappa shape index (κ1) is 79.6. The molecule has 0 rings (SSSR count). The van der Waals surface area contributed by atoms with E-state index in [2.05, 4.69) is 106 Å². The van der Waals surface area contributed by atoms with Gasteiger partial charge in [-0.15, -0.1) is 0 Å². The highest BCUT2D eigenvalue weighted by molar-refractivity contribution is 5.71. The van der Waals surface area contributed by atoms with E-state index in [9.17, 15) is 14.4 Å². The third-order valence-corrected chi connectivity index (χ3v) is 15.9. The van der Waals surface area contributed by atoms with Crippen molar-refractivity contribution in [1.82, 2.24) is 0 Å². The molecule has 480 valence electrons. The van der Waals surface area contributed by atoms with Crippen LogP contribution in [0.1, 0.15) is 367 Å². The highest BCUT2D eigenvalue weighted by Gasteiger charge is 2.19. The molecule has 0 aliphatic heterocycles. The maximum Gasteiger partial charge on any atom is 0.306 e. The summed E-state index contributed by atoms with van der Waals surface area (Å²) in [5.41, 5.74) is 0. The van der Waals surface area contributed by atoms with Crippen LogP contribution in [0.2, 0.25) is 0 Å². The lowest BCUT2D eigenvalue weighted by molar-refractivity contribution is -0.167. The fourth-order valence-electron chi connectivity index (χ4n) is 10.5. The first-order valence-electron chi connectivity index (χ1n) is 36.1. The predicted molar refractivity (Wildman–Crippen MR) is 362 cm³/mol. The summed E-state index contributed by atoms with van der Waals surface area (Å²) in [6.45, 7) is 6.55. The summed E-state index contributed by atoms with van der Waals surface area (Å²) >= 11 is 0. The number of hydrogen-bond acceptors (Lipinski definition) is 6. The lowest BCUT2D eigenvalue weighted by Gasteiger charge is -2.18. The van der Waals surface area contributed by atoms with Crippen molar-refractivity contribution >= 4 is 17.9 Å². The second-order valence-electron chi connectivity index (χ2n) is 24.1. The van der Waals surface area contributed by atoms with Crippen molar-refractivity contribution in [3.05, 3.63) is 85.1 Å². The normalized spacial score (nSPS) is 12.6. The van der Waals surface area contributed by atoms with Crippen LogP contribution in [0.5, 0.6) is 0 Å². The minimum absolute atomic E-state index is 0.0753. The molecule has 0 spiro atoms. The number of esters is 3. The van der Waals surface area contributed by atoms with Crippen LogP contribution in [-0.2, 0) is 28.6 Å². The van der Waals surface area contributed by atoms with Gasteiger partial charge in [0.15, 0.2) is 6.10 Å². The predicted octanol–water partition coefficient (Wildman–Crippen LogP) is 25.0. The standard InChI is InChI=1S/C77H136O6/c1-4-7-10-13-16-19-21-23-25-27-29-31-33-35-37-38-40-41-43-45-47-49-51-53-55-58-61-64-67-70-76(79)82-73-74(72-81-75(78)69-66-63-60-57-18-15-12-9-6-3)83-77(80)71-68-65-62-59-56-54-52-50-48-46-44-42-39-36-34-32-30-28-26-24-22-20-17-14-11-8-5-2/h7,10,16,19,23,25,29,31,35,37,40-41,45,47,74H,4-6,8-9,11-15,17-18,20-22,24,26-28,30,32-34,36,38-39,42-44,46,48-73H2,1-3H3/b10-7-,19-16-,25-23-,31-29-,37-35-,41-40-,47-45-. The molecule has 0 aliphatic rings. The third-order valence-electron chi connectivity index (χ3n) is 15.9. The first-order chi connectivity index (χ1) is 41.0. The Labute approximate surface area is 515 Å². The summed E-state index contributed by atoms with van der Waals surface area (Å²) in [4.78, 5) is 38.3. The molecule has 6 heteroatoms. The Balaban J connectivity index is 4.16. The SMILES string of the molecule is CC/C=C\C/C=C\C/C=C\C/C=C\C/C=C\C/C=C\C/C=C\CCCCCCCCCC(=O)OCC(COC(=O)CCCCCCCCCCC)OC(=O)CCCCCCCCCCCCCCCCCCCCCCCCCCCCC. The molecule has 1 unspecified atom stereocenters. The molecular formula is C77H136O6. The van der Waals surface area contributed by atoms with E-state index in [1.807, 2.05) is 0 Å². The largest absolute Gasteiger partial charge is 0.462 e. The number of allylic oxidation sites excluding steroid dienone is 14. The van der Waals surface area contributed by atoms with Crippen LogP contribution in [0, 0.1) is 0 Å². The minimum Gasteiger partial charge on any atom is -0.462 e. The zero-order valence-electron chi connectivity index (χ0n) is 55.2. The maximum atomic E-state index is 12.9. The van der Waals surface area contributed by atoms with Crippen molar-refractivity contribution in [2.24, 2.45) is 0 Å². The summed E-state index contributed by atoms with van der Waals surface area (Å²) in [7, 11) is 0. The molecule has 0 bridgehead atoms. The zero-order valence-corrected chi connectivity index (χ0v) is 55.2. The molecule has 0 amide bonds. The molecule has 0 radical (unpaired) electrons. The average Bonchev–Trinajstić information content (AvgIpc) is 3.49. The Kier molecular flexibility index (Phi) is 68.2. The third kappa shape index (κ3) is 69.3. The Bertz CT molecular complexity index is 1570. The van der Waals surface area contributed by atoms with Crippen LogP contribution >= 0.6 is 0 Å². The molecule has 0 aromatic carbocycles. The summed E-state index contributed by atoms with van der Waals surface area (Å²) in [6.07, 6.45) is 94.9. The molecule has 0 fully saturated rings. The summed E-state index contributed by atoms with van der Waals surface area (Å²) in [6, 6.07) is 0. The molecule has 6 nitrogen and oxygen atoms in total. The van der Waals surface area contributed by atoms with E-state index in [-0.39, 0.29) is 31.1 Å². The van der Waals surface area contributed by atoms with Gasteiger partial charge < -0.3 is 14.2 Å². The van der Waals surface area contributed by atoms with Gasteiger partial charge in [-0.25, -0.2) is 0 Å². The number of hydrogen-bond donors (Lipinski definition) is 0. The van der Waals surface area contributed by atoms with Gasteiger partial charge in [0.1, 0.15) is 13.2 Å². The quantitative estimate of drug-likeness (QED) is 0.0261. The second-order valence-corrected chi connectivity index (χ2v) is 24.1. The molecule has 83 heavy (non-hydrogen) atoms. The Morgan fingerprint density at radius 1 is 0.253 bits per heavy atom. The highest BCUT2D eigenvalue weighted by atomic mass is 16.6. The molecular weight excluding hydrogens is 1020 g/mol. The highest BCUT2D eigenvalue weighted by Crippen LogP contribution is 2.18. The number of carbonyl (C=O) groups excluding carboxylic acids is 3. The fourth-order valence-corrected chi connectivity index (χ4v) is 10.5. The Hall–Kier alpha value is -3.41. The number of unbranched alkanes of at least 4 members (excludes halogenated alkanes) is 41. The molecule has 0 N–H and O–H groups in total. The molecule has 0 aromatic rings. The molecule has 0 heterocycles. The second kappa shape index (κ2) is 71.1. The van der Waals surface area contributed by atoms with E-state index < -0.39 is 6.10 Å². The van der Waals surface area contributed by atoms with Crippen LogP contribution in [0.15, 0.2) is 85.1 Å². The van der Waals surface area contributed by atoms with Crippen molar-refractivity contribution in [2.45, 2.75) is 374 Å². The zero-order chi connectivity index (χ0) is 59.9. The van der Waals surface area contributed by atoms with Gasteiger partial charge in [0.25, 0.3) is 0 Å².